The van der Waals surface area contributed by atoms with Gasteiger partial charge >= 0.3 is 0 Å². The van der Waals surface area contributed by atoms with Crippen LogP contribution < -0.4 is 10.2 Å². The highest BCUT2D eigenvalue weighted by atomic mass is 35.5. The van der Waals surface area contributed by atoms with Crippen molar-refractivity contribution in [3.05, 3.63) is 71.2 Å². The normalized spacial score (nSPS) is 13.7. The van der Waals surface area contributed by atoms with Gasteiger partial charge in [-0.05, 0) is 36.4 Å². The summed E-state index contributed by atoms with van der Waals surface area (Å²) >= 11 is 5.93. The lowest BCUT2D eigenvalue weighted by atomic mass is 10.2. The minimum absolute atomic E-state index is 0.0590. The Balaban J connectivity index is 1.19. The van der Waals surface area contributed by atoms with Crippen LogP contribution in [0.2, 0.25) is 5.02 Å². The maximum atomic E-state index is 13.9. The van der Waals surface area contributed by atoms with Gasteiger partial charge in [0.05, 0.1) is 18.3 Å². The third kappa shape index (κ3) is 5.91. The summed E-state index contributed by atoms with van der Waals surface area (Å²) in [6.07, 6.45) is 1.57. The number of aryl methyl sites for hydroxylation is 1. The van der Waals surface area contributed by atoms with Crippen LogP contribution >= 0.6 is 11.6 Å². The first-order valence-electron chi connectivity index (χ1n) is 10.8. The van der Waals surface area contributed by atoms with Crippen LogP contribution in [0.5, 0.6) is 0 Å². The molecule has 1 N–H and O–H groups in total. The molecule has 0 aliphatic carbocycles. The van der Waals surface area contributed by atoms with Gasteiger partial charge in [-0.1, -0.05) is 11.6 Å². The number of carbonyl (C=O) groups excluding carboxylic acids is 2. The van der Waals surface area contributed by atoms with E-state index >= 15 is 0 Å². The highest BCUT2D eigenvalue weighted by molar-refractivity contribution is 6.30. The van der Waals surface area contributed by atoms with Crippen LogP contribution in [-0.2, 0) is 16.0 Å². The molecule has 1 fully saturated rings. The van der Waals surface area contributed by atoms with Crippen molar-refractivity contribution in [2.75, 3.05) is 37.6 Å². The second-order valence-electron chi connectivity index (χ2n) is 7.86. The molecule has 2 aromatic carbocycles. The third-order valence-electron chi connectivity index (χ3n) is 5.58. The summed E-state index contributed by atoms with van der Waals surface area (Å²) in [4.78, 5) is 32.6. The summed E-state index contributed by atoms with van der Waals surface area (Å²) < 4.78 is 32.4. The van der Waals surface area contributed by atoms with Crippen LogP contribution in [0.15, 0.2) is 53.1 Å². The number of oxazole rings is 1. The molecule has 0 spiro atoms. The molecule has 0 radical (unpaired) electrons. The van der Waals surface area contributed by atoms with Crippen LogP contribution in [0.3, 0.4) is 0 Å². The van der Waals surface area contributed by atoms with Crippen LogP contribution in [0, 0.1) is 11.6 Å². The molecule has 0 atom stereocenters. The first kappa shape index (κ1) is 23.7. The first-order chi connectivity index (χ1) is 16.4. The van der Waals surface area contributed by atoms with E-state index in [0.29, 0.717) is 31.2 Å². The monoisotopic (exact) mass is 488 g/mol. The Hall–Kier alpha value is -3.46. The lowest BCUT2D eigenvalue weighted by molar-refractivity contribution is -0.133. The molecule has 7 nitrogen and oxygen atoms in total. The zero-order valence-corrected chi connectivity index (χ0v) is 19.0. The van der Waals surface area contributed by atoms with Crippen LogP contribution in [0.1, 0.15) is 12.3 Å². The molecule has 0 unspecified atom stereocenters. The SMILES string of the molecule is O=C(CCc1ncc(-c2ccc(F)cc2F)o1)NCC(=O)N1CCN(c2ccc(Cl)cc2)CC1. The van der Waals surface area contributed by atoms with Crippen molar-refractivity contribution in [2.45, 2.75) is 12.8 Å². The zero-order valence-electron chi connectivity index (χ0n) is 18.3. The van der Waals surface area contributed by atoms with Crippen molar-refractivity contribution in [2.24, 2.45) is 0 Å². The maximum absolute atomic E-state index is 13.9. The summed E-state index contributed by atoms with van der Waals surface area (Å²) in [5.41, 5.74) is 1.15. The summed E-state index contributed by atoms with van der Waals surface area (Å²) in [7, 11) is 0. The Morgan fingerprint density at radius 2 is 1.79 bits per heavy atom. The highest BCUT2D eigenvalue weighted by Gasteiger charge is 2.21. The van der Waals surface area contributed by atoms with Gasteiger partial charge < -0.3 is 19.5 Å². The summed E-state index contributed by atoms with van der Waals surface area (Å²) in [6, 6.07) is 10.7. The smallest absolute Gasteiger partial charge is 0.242 e. The van der Waals surface area contributed by atoms with Crippen molar-refractivity contribution in [1.29, 1.82) is 0 Å². The number of halogens is 3. The van der Waals surface area contributed by atoms with Crippen molar-refractivity contribution in [3.63, 3.8) is 0 Å². The van der Waals surface area contributed by atoms with Gasteiger partial charge in [-0.25, -0.2) is 13.8 Å². The summed E-state index contributed by atoms with van der Waals surface area (Å²) in [5, 5.41) is 3.30. The molecular weight excluding hydrogens is 466 g/mol. The molecular formula is C24H23ClF2N4O3. The third-order valence-corrected chi connectivity index (χ3v) is 5.83. The number of rotatable bonds is 7. The lowest BCUT2D eigenvalue weighted by Gasteiger charge is -2.36. The molecule has 3 aromatic rings. The number of nitrogens with zero attached hydrogens (tertiary/aromatic N) is 3. The lowest BCUT2D eigenvalue weighted by Crippen LogP contribution is -2.51. The Morgan fingerprint density at radius 3 is 2.50 bits per heavy atom. The molecule has 1 saturated heterocycles. The summed E-state index contributed by atoms with van der Waals surface area (Å²) in [5.74, 6) is -1.50. The Morgan fingerprint density at radius 1 is 1.06 bits per heavy atom. The number of hydrogen-bond donors (Lipinski definition) is 1. The fourth-order valence-corrected chi connectivity index (χ4v) is 3.83. The maximum Gasteiger partial charge on any atom is 0.242 e. The van der Waals surface area contributed by atoms with E-state index in [4.69, 9.17) is 16.0 Å². The Kier molecular flexibility index (Phi) is 7.42. The predicted molar refractivity (Wildman–Crippen MR) is 123 cm³/mol. The van der Waals surface area contributed by atoms with Crippen molar-refractivity contribution < 1.29 is 22.8 Å². The minimum atomic E-state index is -0.757. The number of carbonyl (C=O) groups is 2. The number of aromatic nitrogens is 1. The Bertz CT molecular complexity index is 1160. The van der Waals surface area contributed by atoms with E-state index in [9.17, 15) is 18.4 Å². The standard InChI is InChI=1S/C24H23ClF2N4O3/c25-16-1-4-18(5-2-16)30-9-11-31(12-10-30)24(33)15-28-22(32)7-8-23-29-14-21(34-23)19-6-3-17(26)13-20(19)27/h1-6,13-14H,7-12,15H2,(H,28,32). The average molecular weight is 489 g/mol. The van der Waals surface area contributed by atoms with E-state index < -0.39 is 11.6 Å². The van der Waals surface area contributed by atoms with Crippen molar-refractivity contribution in [1.82, 2.24) is 15.2 Å². The zero-order chi connectivity index (χ0) is 24.1. The quantitative estimate of drug-likeness (QED) is 0.549. The molecule has 10 heteroatoms. The van der Waals surface area contributed by atoms with Crippen LogP contribution in [0.4, 0.5) is 14.5 Å². The van der Waals surface area contributed by atoms with E-state index in [0.717, 1.165) is 17.8 Å². The fourth-order valence-electron chi connectivity index (χ4n) is 3.70. The van der Waals surface area contributed by atoms with E-state index in [2.05, 4.69) is 15.2 Å². The molecule has 2 heterocycles. The molecule has 1 aromatic heterocycles. The van der Waals surface area contributed by atoms with E-state index in [1.54, 1.807) is 4.90 Å². The second kappa shape index (κ2) is 10.6. The van der Waals surface area contributed by atoms with Gasteiger partial charge in [0.15, 0.2) is 11.7 Å². The van der Waals surface area contributed by atoms with Gasteiger partial charge in [0.25, 0.3) is 0 Å². The molecule has 1 aliphatic rings. The van der Waals surface area contributed by atoms with Crippen molar-refractivity contribution >= 4 is 29.1 Å². The Labute approximate surface area is 200 Å². The van der Waals surface area contributed by atoms with E-state index in [1.165, 1.54) is 12.3 Å². The predicted octanol–water partition coefficient (Wildman–Crippen LogP) is 3.67. The molecule has 4 rings (SSSR count). The van der Waals surface area contributed by atoms with E-state index in [1.807, 2.05) is 24.3 Å². The van der Waals surface area contributed by atoms with Gasteiger partial charge in [-0.2, -0.15) is 0 Å². The first-order valence-corrected chi connectivity index (χ1v) is 11.2. The van der Waals surface area contributed by atoms with Gasteiger partial charge in [0.2, 0.25) is 11.8 Å². The number of hydrogen-bond acceptors (Lipinski definition) is 5. The second-order valence-corrected chi connectivity index (χ2v) is 8.30. The van der Waals surface area contributed by atoms with Gasteiger partial charge in [-0.3, -0.25) is 9.59 Å². The minimum Gasteiger partial charge on any atom is -0.441 e. The molecule has 178 valence electrons. The average Bonchev–Trinajstić information content (AvgIpc) is 3.30. The number of benzene rings is 2. The summed E-state index contributed by atoms with van der Waals surface area (Å²) in [6.45, 7) is 2.44. The van der Waals surface area contributed by atoms with Crippen LogP contribution in [0.25, 0.3) is 11.3 Å². The largest absolute Gasteiger partial charge is 0.441 e. The number of amides is 2. The van der Waals surface area contributed by atoms with E-state index in [-0.39, 0.29) is 48.4 Å². The topological polar surface area (TPSA) is 78.7 Å². The van der Waals surface area contributed by atoms with Crippen LogP contribution in [-0.4, -0.2) is 54.4 Å². The number of nitrogens with one attached hydrogen (secondary N) is 1. The molecule has 0 saturated carbocycles. The highest BCUT2D eigenvalue weighted by Crippen LogP contribution is 2.24. The number of piperazine rings is 1. The number of anilines is 1. The van der Waals surface area contributed by atoms with Crippen molar-refractivity contribution in [3.8, 4) is 11.3 Å². The fraction of sp³-hybridized carbons (Fsp3) is 0.292. The molecule has 1 aliphatic heterocycles. The van der Waals surface area contributed by atoms with Gasteiger partial charge in [0.1, 0.15) is 11.6 Å². The van der Waals surface area contributed by atoms with Gasteiger partial charge in [0, 0.05) is 55.8 Å². The van der Waals surface area contributed by atoms with Gasteiger partial charge in [-0.15, -0.1) is 0 Å². The molecule has 2 amide bonds. The molecule has 34 heavy (non-hydrogen) atoms. The molecule has 0 bridgehead atoms.